The van der Waals surface area contributed by atoms with Crippen LogP contribution in [0.2, 0.25) is 0 Å². The van der Waals surface area contributed by atoms with Crippen molar-refractivity contribution in [3.05, 3.63) is 24.2 Å². The second-order valence-electron chi connectivity index (χ2n) is 4.75. The van der Waals surface area contributed by atoms with E-state index >= 15 is 0 Å². The first-order valence-electron chi connectivity index (χ1n) is 6.52. The van der Waals surface area contributed by atoms with Crippen molar-refractivity contribution in [2.24, 2.45) is 5.73 Å². The van der Waals surface area contributed by atoms with Crippen LogP contribution in [0.15, 0.2) is 18.5 Å². The lowest BCUT2D eigenvalue weighted by Gasteiger charge is -2.11. The molecule has 20 heavy (non-hydrogen) atoms. The molecular weight excluding hydrogens is 258 g/mol. The van der Waals surface area contributed by atoms with Crippen molar-refractivity contribution >= 4 is 11.7 Å². The van der Waals surface area contributed by atoms with E-state index in [-0.39, 0.29) is 18.5 Å². The zero-order valence-corrected chi connectivity index (χ0v) is 11.7. The summed E-state index contributed by atoms with van der Waals surface area (Å²) in [5, 5.41) is 14.8. The highest BCUT2D eigenvalue weighted by Crippen LogP contribution is 2.12. The van der Waals surface area contributed by atoms with Gasteiger partial charge in [0.15, 0.2) is 0 Å². The quantitative estimate of drug-likeness (QED) is 0.784. The van der Waals surface area contributed by atoms with Gasteiger partial charge in [0.2, 0.25) is 5.91 Å². The van der Waals surface area contributed by atoms with Crippen LogP contribution in [-0.2, 0) is 17.8 Å². The lowest BCUT2D eigenvalue weighted by atomic mass is 10.3. The average Bonchev–Trinajstić information content (AvgIpc) is 2.99. The monoisotopic (exact) mass is 277 g/mol. The van der Waals surface area contributed by atoms with Crippen LogP contribution < -0.4 is 11.1 Å². The van der Waals surface area contributed by atoms with Crippen LogP contribution in [0.4, 0.5) is 5.82 Å². The molecule has 0 atom stereocenters. The van der Waals surface area contributed by atoms with E-state index in [2.05, 4.69) is 20.7 Å². The summed E-state index contributed by atoms with van der Waals surface area (Å²) in [5.41, 5.74) is 6.23. The van der Waals surface area contributed by atoms with Gasteiger partial charge in [0.25, 0.3) is 0 Å². The number of nitrogens with one attached hydrogen (secondary N) is 1. The van der Waals surface area contributed by atoms with Crippen molar-refractivity contribution in [1.82, 2.24) is 24.8 Å². The number of carbonyl (C=O) groups excluding carboxylic acids is 1. The molecule has 2 aromatic heterocycles. The molecule has 2 heterocycles. The largest absolute Gasteiger partial charge is 0.330 e. The number of rotatable bonds is 6. The van der Waals surface area contributed by atoms with E-state index in [1.54, 1.807) is 23.1 Å². The Balaban J connectivity index is 1.96. The molecule has 0 fully saturated rings. The molecule has 0 spiro atoms. The number of anilines is 1. The van der Waals surface area contributed by atoms with Gasteiger partial charge in [-0.3, -0.25) is 4.79 Å². The topological polar surface area (TPSA) is 104 Å². The predicted molar refractivity (Wildman–Crippen MR) is 74.0 cm³/mol. The Hall–Kier alpha value is -2.22. The van der Waals surface area contributed by atoms with Gasteiger partial charge < -0.3 is 11.1 Å². The molecule has 0 aromatic carbocycles. The van der Waals surface area contributed by atoms with Crippen molar-refractivity contribution in [3.63, 3.8) is 0 Å². The summed E-state index contributed by atoms with van der Waals surface area (Å²) in [6.45, 7) is 4.62. The average molecular weight is 277 g/mol. The molecule has 2 rings (SSSR count). The van der Waals surface area contributed by atoms with Gasteiger partial charge in [-0.2, -0.15) is 5.10 Å². The first-order valence-corrected chi connectivity index (χ1v) is 6.52. The van der Waals surface area contributed by atoms with Gasteiger partial charge in [-0.05, 0) is 20.4 Å². The summed E-state index contributed by atoms with van der Waals surface area (Å²) in [5.74, 6) is 0.504. The molecule has 0 aliphatic carbocycles. The Morgan fingerprint density at radius 1 is 1.50 bits per heavy atom. The fourth-order valence-corrected chi connectivity index (χ4v) is 1.83. The second-order valence-corrected chi connectivity index (χ2v) is 4.75. The minimum absolute atomic E-state index is 0.112. The number of nitrogens with two attached hydrogens (primary N) is 1. The Morgan fingerprint density at radius 2 is 2.30 bits per heavy atom. The predicted octanol–water partition coefficient (Wildman–Crippen LogP) is 0.195. The molecule has 0 aliphatic heterocycles. The highest BCUT2D eigenvalue weighted by molar-refractivity contribution is 5.89. The van der Waals surface area contributed by atoms with E-state index < -0.39 is 0 Å². The molecule has 3 N–H and O–H groups in total. The number of carbonyl (C=O) groups is 1. The fraction of sp³-hybridized carbons (Fsp3) is 0.500. The van der Waals surface area contributed by atoms with Crippen LogP contribution >= 0.6 is 0 Å². The van der Waals surface area contributed by atoms with Crippen LogP contribution in [0.25, 0.3) is 0 Å². The van der Waals surface area contributed by atoms with E-state index in [9.17, 15) is 4.79 Å². The smallest absolute Gasteiger partial charge is 0.247 e. The molecule has 0 saturated heterocycles. The summed E-state index contributed by atoms with van der Waals surface area (Å²) in [6.07, 6.45) is 4.04. The van der Waals surface area contributed by atoms with E-state index in [0.717, 1.165) is 5.69 Å². The zero-order chi connectivity index (χ0) is 14.5. The highest BCUT2D eigenvalue weighted by atomic mass is 16.2. The van der Waals surface area contributed by atoms with Crippen LogP contribution in [-0.4, -0.2) is 37.2 Å². The minimum Gasteiger partial charge on any atom is -0.330 e. The first-order chi connectivity index (χ1) is 9.60. The van der Waals surface area contributed by atoms with Crippen molar-refractivity contribution in [2.45, 2.75) is 32.9 Å². The summed E-state index contributed by atoms with van der Waals surface area (Å²) in [4.78, 5) is 12.0. The molecule has 0 aliphatic rings. The highest BCUT2D eigenvalue weighted by Gasteiger charge is 2.10. The first kappa shape index (κ1) is 14.2. The Labute approximate surface area is 116 Å². The Bertz CT molecular complexity index is 572. The maximum atomic E-state index is 12.0. The zero-order valence-electron chi connectivity index (χ0n) is 11.7. The molecular formula is C12H19N7O. The molecule has 0 radical (unpaired) electrons. The van der Waals surface area contributed by atoms with Gasteiger partial charge in [-0.15, -0.1) is 5.10 Å². The molecule has 0 bridgehead atoms. The molecule has 108 valence electrons. The van der Waals surface area contributed by atoms with Gasteiger partial charge >= 0.3 is 0 Å². The van der Waals surface area contributed by atoms with Gasteiger partial charge in [0.1, 0.15) is 12.4 Å². The fourth-order valence-electron chi connectivity index (χ4n) is 1.83. The summed E-state index contributed by atoms with van der Waals surface area (Å²) in [6, 6.07) is 1.95. The number of aromatic nitrogens is 5. The number of hydrogen-bond acceptors (Lipinski definition) is 5. The normalized spacial score (nSPS) is 11.0. The Kier molecular flexibility index (Phi) is 4.46. The van der Waals surface area contributed by atoms with Crippen LogP contribution in [0.1, 0.15) is 25.6 Å². The molecule has 2 aromatic rings. The summed E-state index contributed by atoms with van der Waals surface area (Å²) < 4.78 is 3.25. The third-order valence-corrected chi connectivity index (χ3v) is 2.72. The minimum atomic E-state index is -0.170. The third kappa shape index (κ3) is 3.41. The van der Waals surface area contributed by atoms with Crippen LogP contribution in [0.3, 0.4) is 0 Å². The summed E-state index contributed by atoms with van der Waals surface area (Å²) >= 11 is 0. The number of amides is 1. The van der Waals surface area contributed by atoms with Gasteiger partial charge in [0, 0.05) is 24.7 Å². The SMILES string of the molecule is CC(C)n1nccc1NC(=O)Cn1cc(CCN)nn1. The lowest BCUT2D eigenvalue weighted by Crippen LogP contribution is -2.21. The maximum absolute atomic E-state index is 12.0. The second kappa shape index (κ2) is 6.29. The van der Waals surface area contributed by atoms with Crippen molar-refractivity contribution < 1.29 is 4.79 Å². The van der Waals surface area contributed by atoms with Crippen molar-refractivity contribution in [1.29, 1.82) is 0 Å². The molecule has 0 unspecified atom stereocenters. The van der Waals surface area contributed by atoms with E-state index in [1.165, 1.54) is 4.68 Å². The van der Waals surface area contributed by atoms with Crippen LogP contribution in [0, 0.1) is 0 Å². The molecule has 1 amide bonds. The van der Waals surface area contributed by atoms with Crippen molar-refractivity contribution in [3.8, 4) is 0 Å². The number of nitrogens with zero attached hydrogens (tertiary/aromatic N) is 5. The lowest BCUT2D eigenvalue weighted by molar-refractivity contribution is -0.117. The van der Waals surface area contributed by atoms with Crippen molar-refractivity contribution in [2.75, 3.05) is 11.9 Å². The van der Waals surface area contributed by atoms with E-state index in [1.807, 2.05) is 13.8 Å². The third-order valence-electron chi connectivity index (χ3n) is 2.72. The maximum Gasteiger partial charge on any atom is 0.247 e. The van der Waals surface area contributed by atoms with E-state index in [0.29, 0.717) is 18.8 Å². The molecule has 0 saturated carbocycles. The summed E-state index contributed by atoms with van der Waals surface area (Å²) in [7, 11) is 0. The van der Waals surface area contributed by atoms with Gasteiger partial charge in [-0.25, -0.2) is 9.36 Å². The van der Waals surface area contributed by atoms with E-state index in [4.69, 9.17) is 5.73 Å². The molecule has 8 nitrogen and oxygen atoms in total. The van der Waals surface area contributed by atoms with Crippen LogP contribution in [0.5, 0.6) is 0 Å². The standard InChI is InChI=1S/C12H19N7O/c1-9(2)19-11(4-6-14-19)15-12(20)8-18-7-10(3-5-13)16-17-18/h4,6-7,9H,3,5,8,13H2,1-2H3,(H,15,20). The van der Waals surface area contributed by atoms with Gasteiger partial charge in [-0.1, -0.05) is 5.21 Å². The Morgan fingerprint density at radius 3 is 3.00 bits per heavy atom. The number of hydrogen-bond donors (Lipinski definition) is 2. The van der Waals surface area contributed by atoms with Gasteiger partial charge in [0.05, 0.1) is 11.9 Å². The molecule has 8 heteroatoms.